The fraction of sp³-hybridized carbons (Fsp3) is 0.333. The minimum atomic E-state index is -0.357. The largest absolute Gasteiger partial charge is 0.369 e. The molecule has 0 aromatic heterocycles. The molecule has 0 radical (unpaired) electrons. The van der Waals surface area contributed by atoms with Crippen molar-refractivity contribution < 1.29 is 4.92 Å². The molecule has 0 amide bonds. The molecule has 3 rings (SSSR count). The minimum absolute atomic E-state index is 0.145. The zero-order valence-corrected chi connectivity index (χ0v) is 13.3. The van der Waals surface area contributed by atoms with Gasteiger partial charge in [0.15, 0.2) is 0 Å². The van der Waals surface area contributed by atoms with Crippen molar-refractivity contribution in [1.29, 1.82) is 0 Å². The van der Waals surface area contributed by atoms with Gasteiger partial charge in [0, 0.05) is 50.5 Å². The molecule has 120 valence electrons. The van der Waals surface area contributed by atoms with Crippen molar-refractivity contribution in [1.82, 2.24) is 4.90 Å². The second-order valence-corrected chi connectivity index (χ2v) is 5.96. The molecule has 2 aromatic rings. The van der Waals surface area contributed by atoms with E-state index in [9.17, 15) is 10.1 Å². The van der Waals surface area contributed by atoms with Crippen LogP contribution in [0, 0.1) is 17.0 Å². The van der Waals surface area contributed by atoms with E-state index in [1.165, 1.54) is 11.1 Å². The van der Waals surface area contributed by atoms with E-state index >= 15 is 0 Å². The van der Waals surface area contributed by atoms with Crippen molar-refractivity contribution in [3.63, 3.8) is 0 Å². The van der Waals surface area contributed by atoms with Gasteiger partial charge in [-0.15, -0.1) is 0 Å². The standard InChI is InChI=1S/C18H21N3O2/c1-15-4-2-3-5-16(15)14-19-10-12-20(13-11-19)17-6-8-18(9-7-17)21(22)23/h2-9H,10-14H2,1H3. The van der Waals surface area contributed by atoms with Gasteiger partial charge in [0.05, 0.1) is 4.92 Å². The number of piperazine rings is 1. The Balaban J connectivity index is 1.58. The van der Waals surface area contributed by atoms with Gasteiger partial charge >= 0.3 is 0 Å². The van der Waals surface area contributed by atoms with Gasteiger partial charge in [0.25, 0.3) is 5.69 Å². The zero-order valence-electron chi connectivity index (χ0n) is 13.3. The molecule has 2 aromatic carbocycles. The van der Waals surface area contributed by atoms with E-state index in [4.69, 9.17) is 0 Å². The fourth-order valence-corrected chi connectivity index (χ4v) is 2.98. The normalized spacial score (nSPS) is 15.6. The summed E-state index contributed by atoms with van der Waals surface area (Å²) in [6, 6.07) is 15.4. The van der Waals surface area contributed by atoms with Gasteiger partial charge in [-0.25, -0.2) is 0 Å². The van der Waals surface area contributed by atoms with Crippen LogP contribution in [0.15, 0.2) is 48.5 Å². The summed E-state index contributed by atoms with van der Waals surface area (Å²) in [7, 11) is 0. The highest BCUT2D eigenvalue weighted by Gasteiger charge is 2.18. The van der Waals surface area contributed by atoms with Crippen molar-refractivity contribution in [3.05, 3.63) is 69.8 Å². The number of hydrogen-bond acceptors (Lipinski definition) is 4. The first-order valence-corrected chi connectivity index (χ1v) is 7.90. The van der Waals surface area contributed by atoms with Crippen LogP contribution in [0.3, 0.4) is 0 Å². The summed E-state index contributed by atoms with van der Waals surface area (Å²) in [5, 5.41) is 10.7. The third-order valence-corrected chi connectivity index (χ3v) is 4.45. The highest BCUT2D eigenvalue weighted by atomic mass is 16.6. The first-order valence-electron chi connectivity index (χ1n) is 7.90. The van der Waals surface area contributed by atoms with Crippen LogP contribution < -0.4 is 4.90 Å². The summed E-state index contributed by atoms with van der Waals surface area (Å²) in [5.74, 6) is 0. The zero-order chi connectivity index (χ0) is 16.2. The Morgan fingerprint density at radius 2 is 1.65 bits per heavy atom. The molecule has 1 heterocycles. The van der Waals surface area contributed by atoms with Crippen LogP contribution in [0.5, 0.6) is 0 Å². The van der Waals surface area contributed by atoms with Crippen LogP contribution in [-0.4, -0.2) is 36.0 Å². The molecule has 0 spiro atoms. The van der Waals surface area contributed by atoms with Crippen LogP contribution in [0.25, 0.3) is 0 Å². The van der Waals surface area contributed by atoms with Crippen molar-refractivity contribution in [3.8, 4) is 0 Å². The number of nitrogens with zero attached hydrogens (tertiary/aromatic N) is 3. The molecule has 0 N–H and O–H groups in total. The fourth-order valence-electron chi connectivity index (χ4n) is 2.98. The van der Waals surface area contributed by atoms with Gasteiger partial charge in [-0.3, -0.25) is 15.0 Å². The van der Waals surface area contributed by atoms with E-state index in [0.717, 1.165) is 38.4 Å². The van der Waals surface area contributed by atoms with Gasteiger partial charge in [-0.1, -0.05) is 24.3 Å². The SMILES string of the molecule is Cc1ccccc1CN1CCN(c2ccc([N+](=O)[O-])cc2)CC1. The van der Waals surface area contributed by atoms with E-state index in [1.54, 1.807) is 12.1 Å². The molecule has 0 unspecified atom stereocenters. The second kappa shape index (κ2) is 6.79. The molecular weight excluding hydrogens is 290 g/mol. The Morgan fingerprint density at radius 1 is 1.00 bits per heavy atom. The first-order chi connectivity index (χ1) is 11.1. The molecule has 1 fully saturated rings. The van der Waals surface area contributed by atoms with Crippen molar-refractivity contribution in [2.45, 2.75) is 13.5 Å². The Morgan fingerprint density at radius 3 is 2.26 bits per heavy atom. The maximum atomic E-state index is 10.7. The molecule has 0 atom stereocenters. The predicted octanol–water partition coefficient (Wildman–Crippen LogP) is 3.23. The average Bonchev–Trinajstić information content (AvgIpc) is 2.58. The van der Waals surface area contributed by atoms with Gasteiger partial charge in [-0.2, -0.15) is 0 Å². The summed E-state index contributed by atoms with van der Waals surface area (Å²) < 4.78 is 0. The summed E-state index contributed by atoms with van der Waals surface area (Å²) in [5.41, 5.74) is 3.93. The summed E-state index contributed by atoms with van der Waals surface area (Å²) >= 11 is 0. The van der Waals surface area contributed by atoms with Gasteiger partial charge in [-0.05, 0) is 30.2 Å². The highest BCUT2D eigenvalue weighted by molar-refractivity contribution is 5.51. The first kappa shape index (κ1) is 15.5. The Bertz CT molecular complexity index is 677. The Kier molecular flexibility index (Phi) is 4.57. The van der Waals surface area contributed by atoms with Crippen LogP contribution in [0.2, 0.25) is 0 Å². The summed E-state index contributed by atoms with van der Waals surface area (Å²) in [4.78, 5) is 15.1. The van der Waals surface area contributed by atoms with Gasteiger partial charge < -0.3 is 4.90 Å². The second-order valence-electron chi connectivity index (χ2n) is 5.96. The monoisotopic (exact) mass is 311 g/mol. The molecular formula is C18H21N3O2. The maximum absolute atomic E-state index is 10.7. The van der Waals surface area contributed by atoms with Crippen molar-refractivity contribution >= 4 is 11.4 Å². The Labute approximate surface area is 136 Å². The lowest BCUT2D eigenvalue weighted by molar-refractivity contribution is -0.384. The van der Waals surface area contributed by atoms with E-state index in [0.29, 0.717) is 0 Å². The molecule has 1 aliphatic heterocycles. The van der Waals surface area contributed by atoms with Crippen molar-refractivity contribution in [2.75, 3.05) is 31.1 Å². The molecule has 5 heteroatoms. The Hall–Kier alpha value is -2.40. The minimum Gasteiger partial charge on any atom is -0.369 e. The summed E-state index contributed by atoms with van der Waals surface area (Å²) in [6.45, 7) is 7.05. The molecule has 1 saturated heterocycles. The van der Waals surface area contributed by atoms with Gasteiger partial charge in [0.1, 0.15) is 0 Å². The molecule has 0 saturated carbocycles. The van der Waals surface area contributed by atoms with E-state index < -0.39 is 0 Å². The van der Waals surface area contributed by atoms with Crippen molar-refractivity contribution in [2.24, 2.45) is 0 Å². The lowest BCUT2D eigenvalue weighted by Gasteiger charge is -2.36. The number of nitro groups is 1. The topological polar surface area (TPSA) is 49.6 Å². The van der Waals surface area contributed by atoms with Crippen LogP contribution >= 0.6 is 0 Å². The molecule has 23 heavy (non-hydrogen) atoms. The smallest absolute Gasteiger partial charge is 0.269 e. The number of benzene rings is 2. The van der Waals surface area contributed by atoms with E-state index in [1.807, 2.05) is 12.1 Å². The molecule has 0 aliphatic carbocycles. The number of rotatable bonds is 4. The average molecular weight is 311 g/mol. The number of hydrogen-bond donors (Lipinski definition) is 0. The van der Waals surface area contributed by atoms with E-state index in [2.05, 4.69) is 41.0 Å². The lowest BCUT2D eigenvalue weighted by atomic mass is 10.1. The van der Waals surface area contributed by atoms with Crippen LogP contribution in [0.1, 0.15) is 11.1 Å². The molecule has 1 aliphatic rings. The number of non-ortho nitro benzene ring substituents is 1. The number of aryl methyl sites for hydroxylation is 1. The third-order valence-electron chi connectivity index (χ3n) is 4.45. The maximum Gasteiger partial charge on any atom is 0.269 e. The lowest BCUT2D eigenvalue weighted by Crippen LogP contribution is -2.46. The molecule has 0 bridgehead atoms. The number of anilines is 1. The van der Waals surface area contributed by atoms with Gasteiger partial charge in [0.2, 0.25) is 0 Å². The van der Waals surface area contributed by atoms with Crippen LogP contribution in [-0.2, 0) is 6.54 Å². The van der Waals surface area contributed by atoms with Crippen LogP contribution in [0.4, 0.5) is 11.4 Å². The summed E-state index contributed by atoms with van der Waals surface area (Å²) in [6.07, 6.45) is 0. The molecule has 5 nitrogen and oxygen atoms in total. The highest BCUT2D eigenvalue weighted by Crippen LogP contribution is 2.21. The third kappa shape index (κ3) is 3.68. The predicted molar refractivity (Wildman–Crippen MR) is 91.8 cm³/mol. The van der Waals surface area contributed by atoms with E-state index in [-0.39, 0.29) is 10.6 Å². The quantitative estimate of drug-likeness (QED) is 0.642. The number of nitro benzene ring substituents is 1.